The fourth-order valence-corrected chi connectivity index (χ4v) is 2.24. The Hall–Kier alpha value is -1.55. The number of benzene rings is 1. The van der Waals surface area contributed by atoms with Crippen molar-refractivity contribution in [2.24, 2.45) is 0 Å². The van der Waals surface area contributed by atoms with Crippen LogP contribution in [-0.2, 0) is 11.2 Å². The molecular formula is C14H19NO3. The number of hydrogen-bond donors (Lipinski definition) is 2. The van der Waals surface area contributed by atoms with E-state index in [2.05, 4.69) is 5.32 Å². The van der Waals surface area contributed by atoms with Crippen LogP contribution < -0.4 is 10.1 Å². The number of aryl methyl sites for hydroxylation is 1. The molecule has 1 aliphatic carbocycles. The number of hydrogen-bond acceptors (Lipinski definition) is 3. The molecule has 1 aromatic carbocycles. The minimum absolute atomic E-state index is 0.0166. The monoisotopic (exact) mass is 249 g/mol. The molecule has 1 amide bonds. The number of nitrogens with one attached hydrogen (secondary N) is 1. The van der Waals surface area contributed by atoms with Gasteiger partial charge in [0.2, 0.25) is 0 Å². The van der Waals surface area contributed by atoms with E-state index in [-0.39, 0.29) is 12.5 Å². The van der Waals surface area contributed by atoms with Gasteiger partial charge in [-0.3, -0.25) is 4.79 Å². The Morgan fingerprint density at radius 3 is 3.17 bits per heavy atom. The molecule has 4 nitrogen and oxygen atoms in total. The minimum Gasteiger partial charge on any atom is -0.484 e. The van der Waals surface area contributed by atoms with Gasteiger partial charge in [-0.15, -0.1) is 0 Å². The molecule has 0 heterocycles. The maximum Gasteiger partial charge on any atom is 0.257 e. The molecule has 0 radical (unpaired) electrons. The molecule has 0 saturated heterocycles. The van der Waals surface area contributed by atoms with Gasteiger partial charge in [0.05, 0.1) is 6.10 Å². The predicted octanol–water partition coefficient (Wildman–Crippen LogP) is 1.57. The number of carbonyl (C=O) groups excluding carboxylic acids is 1. The highest BCUT2D eigenvalue weighted by Crippen LogP contribution is 2.32. The van der Waals surface area contributed by atoms with E-state index in [1.54, 1.807) is 0 Å². The first-order valence-electron chi connectivity index (χ1n) is 6.41. The number of likely N-dealkylation sites (N-methyl/N-ethyl adjacent to an activating group) is 1. The summed E-state index contributed by atoms with van der Waals surface area (Å²) in [5, 5.41) is 12.6. The Labute approximate surface area is 107 Å². The van der Waals surface area contributed by atoms with Gasteiger partial charge < -0.3 is 15.2 Å². The van der Waals surface area contributed by atoms with Gasteiger partial charge in [-0.1, -0.05) is 6.07 Å². The van der Waals surface area contributed by atoms with Crippen LogP contribution in [0.2, 0.25) is 0 Å². The molecule has 0 spiro atoms. The highest BCUT2D eigenvalue weighted by Gasteiger charge is 2.18. The van der Waals surface area contributed by atoms with Gasteiger partial charge in [-0.25, -0.2) is 0 Å². The average Bonchev–Trinajstić information content (AvgIpc) is 2.37. The van der Waals surface area contributed by atoms with Crippen molar-refractivity contribution < 1.29 is 14.6 Å². The van der Waals surface area contributed by atoms with Crippen molar-refractivity contribution in [2.45, 2.75) is 32.3 Å². The summed E-state index contributed by atoms with van der Waals surface area (Å²) in [7, 11) is 0. The summed E-state index contributed by atoms with van der Waals surface area (Å²) in [6.07, 6.45) is 2.42. The first-order valence-corrected chi connectivity index (χ1v) is 6.41. The highest BCUT2D eigenvalue weighted by atomic mass is 16.5. The molecule has 1 aliphatic rings. The van der Waals surface area contributed by atoms with Crippen molar-refractivity contribution in [2.75, 3.05) is 13.2 Å². The van der Waals surface area contributed by atoms with Gasteiger partial charge in [0, 0.05) is 6.54 Å². The van der Waals surface area contributed by atoms with E-state index in [1.807, 2.05) is 25.1 Å². The van der Waals surface area contributed by atoms with Gasteiger partial charge in [0.25, 0.3) is 5.91 Å². The van der Waals surface area contributed by atoms with Crippen LogP contribution in [0.3, 0.4) is 0 Å². The van der Waals surface area contributed by atoms with Crippen molar-refractivity contribution in [1.29, 1.82) is 0 Å². The Morgan fingerprint density at radius 2 is 2.39 bits per heavy atom. The Kier molecular flexibility index (Phi) is 4.20. The lowest BCUT2D eigenvalue weighted by Crippen LogP contribution is -2.28. The van der Waals surface area contributed by atoms with E-state index in [9.17, 15) is 9.90 Å². The summed E-state index contributed by atoms with van der Waals surface area (Å²) < 4.78 is 5.41. The van der Waals surface area contributed by atoms with E-state index < -0.39 is 6.10 Å². The minimum atomic E-state index is -0.401. The summed E-state index contributed by atoms with van der Waals surface area (Å²) >= 11 is 0. The second-order valence-corrected chi connectivity index (χ2v) is 4.51. The third-order valence-electron chi connectivity index (χ3n) is 3.14. The number of amides is 1. The van der Waals surface area contributed by atoms with E-state index in [0.717, 1.165) is 24.8 Å². The lowest BCUT2D eigenvalue weighted by Gasteiger charge is -2.21. The van der Waals surface area contributed by atoms with Gasteiger partial charge in [0.1, 0.15) is 5.75 Å². The van der Waals surface area contributed by atoms with Crippen LogP contribution in [0.25, 0.3) is 0 Å². The largest absolute Gasteiger partial charge is 0.484 e. The maximum atomic E-state index is 11.3. The SMILES string of the molecule is CCNC(=O)COc1ccc2c(c1)[C@@H](O)CCC2. The van der Waals surface area contributed by atoms with Crippen LogP contribution in [0.1, 0.15) is 37.0 Å². The summed E-state index contributed by atoms with van der Waals surface area (Å²) in [5.41, 5.74) is 2.12. The molecule has 1 aromatic rings. The molecule has 2 N–H and O–H groups in total. The molecule has 98 valence electrons. The van der Waals surface area contributed by atoms with E-state index in [1.165, 1.54) is 5.56 Å². The van der Waals surface area contributed by atoms with Crippen LogP contribution in [0, 0.1) is 0 Å². The smallest absolute Gasteiger partial charge is 0.257 e. The zero-order valence-corrected chi connectivity index (χ0v) is 10.6. The summed E-state index contributed by atoms with van der Waals surface area (Å²) in [6, 6.07) is 5.68. The number of fused-ring (bicyclic) bond motifs is 1. The standard InChI is InChI=1S/C14H19NO3/c1-2-15-14(17)9-18-11-7-6-10-4-3-5-13(16)12(10)8-11/h6-8,13,16H,2-5,9H2,1H3,(H,15,17)/t13-/m0/s1. The van der Waals surface area contributed by atoms with Crippen molar-refractivity contribution >= 4 is 5.91 Å². The molecular weight excluding hydrogens is 230 g/mol. The Bertz CT molecular complexity index is 431. The summed E-state index contributed by atoms with van der Waals surface area (Å²) in [4.78, 5) is 11.3. The number of ether oxygens (including phenoxy) is 1. The molecule has 0 aromatic heterocycles. The second kappa shape index (κ2) is 5.87. The number of aliphatic hydroxyl groups excluding tert-OH is 1. The lowest BCUT2D eigenvalue weighted by molar-refractivity contribution is -0.122. The highest BCUT2D eigenvalue weighted by molar-refractivity contribution is 5.77. The zero-order valence-electron chi connectivity index (χ0n) is 10.6. The summed E-state index contributed by atoms with van der Waals surface area (Å²) in [6.45, 7) is 2.49. The van der Waals surface area contributed by atoms with Crippen molar-refractivity contribution in [3.8, 4) is 5.75 Å². The average molecular weight is 249 g/mol. The van der Waals surface area contributed by atoms with Crippen LogP contribution in [0.5, 0.6) is 5.75 Å². The summed E-state index contributed by atoms with van der Waals surface area (Å²) in [5.74, 6) is 0.511. The number of aliphatic hydroxyl groups is 1. The Morgan fingerprint density at radius 1 is 1.56 bits per heavy atom. The Balaban J connectivity index is 2.02. The molecule has 1 atom stereocenters. The molecule has 0 unspecified atom stereocenters. The number of carbonyl (C=O) groups is 1. The van der Waals surface area contributed by atoms with Gasteiger partial charge in [0.15, 0.2) is 6.61 Å². The third-order valence-corrected chi connectivity index (χ3v) is 3.14. The molecule has 18 heavy (non-hydrogen) atoms. The van der Waals surface area contributed by atoms with E-state index >= 15 is 0 Å². The molecule has 4 heteroatoms. The van der Waals surface area contributed by atoms with Crippen LogP contribution in [-0.4, -0.2) is 24.2 Å². The van der Waals surface area contributed by atoms with Crippen LogP contribution in [0.15, 0.2) is 18.2 Å². The van der Waals surface area contributed by atoms with E-state index in [4.69, 9.17) is 4.74 Å². The van der Waals surface area contributed by atoms with Crippen molar-refractivity contribution in [3.63, 3.8) is 0 Å². The molecule has 0 bridgehead atoms. The van der Waals surface area contributed by atoms with Crippen LogP contribution >= 0.6 is 0 Å². The van der Waals surface area contributed by atoms with Crippen LogP contribution in [0.4, 0.5) is 0 Å². The van der Waals surface area contributed by atoms with Gasteiger partial charge in [-0.2, -0.15) is 0 Å². The normalized spacial score (nSPS) is 18.0. The second-order valence-electron chi connectivity index (χ2n) is 4.51. The van der Waals surface area contributed by atoms with Crippen molar-refractivity contribution in [3.05, 3.63) is 29.3 Å². The first-order chi connectivity index (χ1) is 8.70. The van der Waals surface area contributed by atoms with Crippen molar-refractivity contribution in [1.82, 2.24) is 5.32 Å². The predicted molar refractivity (Wildman–Crippen MR) is 68.5 cm³/mol. The fourth-order valence-electron chi connectivity index (χ4n) is 2.24. The quantitative estimate of drug-likeness (QED) is 0.851. The molecule has 2 rings (SSSR count). The molecule has 0 fully saturated rings. The number of rotatable bonds is 4. The topological polar surface area (TPSA) is 58.6 Å². The third kappa shape index (κ3) is 3.01. The fraction of sp³-hybridized carbons (Fsp3) is 0.500. The maximum absolute atomic E-state index is 11.3. The zero-order chi connectivity index (χ0) is 13.0. The molecule has 0 aliphatic heterocycles. The lowest BCUT2D eigenvalue weighted by atomic mass is 9.89. The van der Waals surface area contributed by atoms with Gasteiger partial charge in [-0.05, 0) is 49.4 Å². The van der Waals surface area contributed by atoms with Gasteiger partial charge >= 0.3 is 0 Å². The molecule has 0 saturated carbocycles. The van der Waals surface area contributed by atoms with E-state index in [0.29, 0.717) is 12.3 Å². The first kappa shape index (κ1) is 12.9.